The number of rotatable bonds is 1. The highest BCUT2D eigenvalue weighted by molar-refractivity contribution is 7.80. The van der Waals surface area contributed by atoms with E-state index in [4.69, 9.17) is 0 Å². The van der Waals surface area contributed by atoms with Gasteiger partial charge >= 0.3 is 0 Å². The Kier molecular flexibility index (Phi) is 2.68. The molecular formula is C10H15NS. The predicted octanol–water partition coefficient (Wildman–Crippen LogP) is 2.66. The Bertz CT molecular complexity index is 292. The number of hydrogen-bond acceptors (Lipinski definition) is 2. The molecule has 0 bridgehead atoms. The van der Waals surface area contributed by atoms with Gasteiger partial charge < -0.3 is 4.90 Å². The van der Waals surface area contributed by atoms with Crippen LogP contribution in [0.4, 0.5) is 5.69 Å². The Morgan fingerprint density at radius 3 is 2.08 bits per heavy atom. The van der Waals surface area contributed by atoms with E-state index in [0.717, 1.165) is 4.90 Å². The monoisotopic (exact) mass is 181 g/mol. The number of thiol groups is 1. The highest BCUT2D eigenvalue weighted by atomic mass is 32.1. The summed E-state index contributed by atoms with van der Waals surface area (Å²) in [5.74, 6) is 0. The van der Waals surface area contributed by atoms with Crippen molar-refractivity contribution in [1.82, 2.24) is 0 Å². The first-order valence-electron chi connectivity index (χ1n) is 4.00. The van der Waals surface area contributed by atoms with Gasteiger partial charge in [0.1, 0.15) is 0 Å². The lowest BCUT2D eigenvalue weighted by Gasteiger charge is -2.16. The van der Waals surface area contributed by atoms with Gasteiger partial charge in [-0.25, -0.2) is 0 Å². The molecule has 0 atom stereocenters. The lowest BCUT2D eigenvalue weighted by molar-refractivity contribution is 1.09. The van der Waals surface area contributed by atoms with Crippen LogP contribution in [0.3, 0.4) is 0 Å². The van der Waals surface area contributed by atoms with E-state index >= 15 is 0 Å². The van der Waals surface area contributed by atoms with Crippen LogP contribution < -0.4 is 4.90 Å². The molecule has 0 radical (unpaired) electrons. The van der Waals surface area contributed by atoms with E-state index in [1.165, 1.54) is 16.8 Å². The standard InChI is InChI=1S/C10H15NS/c1-7-5-9(11(3)4)10(12)6-8(7)2/h5-6,12H,1-4H3. The fourth-order valence-corrected chi connectivity index (χ4v) is 1.60. The van der Waals surface area contributed by atoms with Crippen LogP contribution in [0.5, 0.6) is 0 Å². The van der Waals surface area contributed by atoms with Crippen LogP contribution in [0, 0.1) is 13.8 Å². The van der Waals surface area contributed by atoms with Crippen molar-refractivity contribution in [2.75, 3.05) is 19.0 Å². The maximum atomic E-state index is 4.41. The van der Waals surface area contributed by atoms with Crippen molar-refractivity contribution < 1.29 is 0 Å². The molecular weight excluding hydrogens is 166 g/mol. The van der Waals surface area contributed by atoms with E-state index in [1.54, 1.807) is 0 Å². The molecule has 0 aliphatic carbocycles. The summed E-state index contributed by atoms with van der Waals surface area (Å²) in [5.41, 5.74) is 3.79. The summed E-state index contributed by atoms with van der Waals surface area (Å²) in [4.78, 5) is 3.12. The molecule has 1 rings (SSSR count). The van der Waals surface area contributed by atoms with Crippen molar-refractivity contribution in [3.8, 4) is 0 Å². The fraction of sp³-hybridized carbons (Fsp3) is 0.400. The van der Waals surface area contributed by atoms with Crippen molar-refractivity contribution in [2.24, 2.45) is 0 Å². The second kappa shape index (κ2) is 3.40. The quantitative estimate of drug-likeness (QED) is 0.652. The van der Waals surface area contributed by atoms with Gasteiger partial charge in [0.05, 0.1) is 0 Å². The zero-order valence-electron chi connectivity index (χ0n) is 8.05. The van der Waals surface area contributed by atoms with E-state index < -0.39 is 0 Å². The van der Waals surface area contributed by atoms with Crippen LogP contribution in [0.2, 0.25) is 0 Å². The summed E-state index contributed by atoms with van der Waals surface area (Å²) in [6.07, 6.45) is 0. The Morgan fingerprint density at radius 1 is 1.08 bits per heavy atom. The molecule has 12 heavy (non-hydrogen) atoms. The molecule has 0 amide bonds. The average Bonchev–Trinajstić information content (AvgIpc) is 1.96. The summed E-state index contributed by atoms with van der Waals surface area (Å²) in [7, 11) is 4.06. The number of aryl methyl sites for hydroxylation is 2. The molecule has 0 saturated heterocycles. The predicted molar refractivity (Wildman–Crippen MR) is 57.5 cm³/mol. The minimum absolute atomic E-state index is 1.04. The van der Waals surface area contributed by atoms with Gasteiger partial charge in [-0.05, 0) is 37.1 Å². The van der Waals surface area contributed by atoms with Gasteiger partial charge in [-0.15, -0.1) is 12.6 Å². The lowest BCUT2D eigenvalue weighted by Crippen LogP contribution is -2.09. The molecule has 1 aromatic rings. The summed E-state index contributed by atoms with van der Waals surface area (Å²) >= 11 is 4.41. The first kappa shape index (κ1) is 9.46. The zero-order valence-corrected chi connectivity index (χ0v) is 8.94. The average molecular weight is 181 g/mol. The second-order valence-electron chi connectivity index (χ2n) is 3.32. The molecule has 0 heterocycles. The third-order valence-electron chi connectivity index (χ3n) is 2.07. The van der Waals surface area contributed by atoms with Crippen molar-refractivity contribution in [2.45, 2.75) is 18.7 Å². The highest BCUT2D eigenvalue weighted by Crippen LogP contribution is 2.25. The Labute approximate surface area is 79.8 Å². The van der Waals surface area contributed by atoms with Crippen LogP contribution in [-0.4, -0.2) is 14.1 Å². The molecule has 0 aliphatic heterocycles. The zero-order chi connectivity index (χ0) is 9.30. The molecule has 0 spiro atoms. The minimum atomic E-state index is 1.04. The van der Waals surface area contributed by atoms with Gasteiger partial charge in [0, 0.05) is 24.7 Å². The first-order chi connectivity index (χ1) is 5.52. The van der Waals surface area contributed by atoms with E-state index in [9.17, 15) is 0 Å². The minimum Gasteiger partial charge on any atom is -0.377 e. The maximum absolute atomic E-state index is 4.41. The van der Waals surface area contributed by atoms with Crippen LogP contribution >= 0.6 is 12.6 Å². The Balaban J connectivity index is 3.23. The first-order valence-corrected chi connectivity index (χ1v) is 4.44. The van der Waals surface area contributed by atoms with Gasteiger partial charge in [0.25, 0.3) is 0 Å². The third-order valence-corrected chi connectivity index (χ3v) is 2.43. The van der Waals surface area contributed by atoms with Crippen LogP contribution in [-0.2, 0) is 0 Å². The molecule has 1 nitrogen and oxygen atoms in total. The molecule has 0 aliphatic rings. The molecule has 0 aromatic heterocycles. The molecule has 0 N–H and O–H groups in total. The van der Waals surface area contributed by atoms with Gasteiger partial charge in [-0.1, -0.05) is 0 Å². The Hall–Kier alpha value is -0.630. The number of anilines is 1. The number of benzene rings is 1. The summed E-state index contributed by atoms with van der Waals surface area (Å²) in [6, 6.07) is 4.27. The van der Waals surface area contributed by atoms with Crippen LogP contribution in [0.25, 0.3) is 0 Å². The molecule has 2 heteroatoms. The fourth-order valence-electron chi connectivity index (χ4n) is 1.14. The van der Waals surface area contributed by atoms with Crippen molar-refractivity contribution >= 4 is 18.3 Å². The largest absolute Gasteiger partial charge is 0.377 e. The molecule has 0 saturated carbocycles. The topological polar surface area (TPSA) is 3.24 Å². The van der Waals surface area contributed by atoms with E-state index in [-0.39, 0.29) is 0 Å². The lowest BCUT2D eigenvalue weighted by atomic mass is 10.1. The molecule has 1 aromatic carbocycles. The van der Waals surface area contributed by atoms with E-state index in [1.807, 2.05) is 14.1 Å². The molecule has 0 fully saturated rings. The number of nitrogens with zero attached hydrogens (tertiary/aromatic N) is 1. The van der Waals surface area contributed by atoms with E-state index in [0.29, 0.717) is 0 Å². The summed E-state index contributed by atoms with van der Waals surface area (Å²) < 4.78 is 0. The van der Waals surface area contributed by atoms with Crippen molar-refractivity contribution in [1.29, 1.82) is 0 Å². The second-order valence-corrected chi connectivity index (χ2v) is 3.80. The SMILES string of the molecule is Cc1cc(S)c(N(C)C)cc1C. The van der Waals surface area contributed by atoms with Crippen molar-refractivity contribution in [3.63, 3.8) is 0 Å². The normalized spacial score (nSPS) is 10.1. The third kappa shape index (κ3) is 1.75. The van der Waals surface area contributed by atoms with Crippen molar-refractivity contribution in [3.05, 3.63) is 23.3 Å². The molecule has 0 unspecified atom stereocenters. The maximum Gasteiger partial charge on any atom is 0.0499 e. The summed E-state index contributed by atoms with van der Waals surface area (Å²) in [6.45, 7) is 4.23. The highest BCUT2D eigenvalue weighted by Gasteiger charge is 2.03. The van der Waals surface area contributed by atoms with Gasteiger partial charge in [0.2, 0.25) is 0 Å². The number of hydrogen-bond donors (Lipinski definition) is 1. The van der Waals surface area contributed by atoms with Crippen LogP contribution in [0.1, 0.15) is 11.1 Å². The van der Waals surface area contributed by atoms with Crippen LogP contribution in [0.15, 0.2) is 17.0 Å². The van der Waals surface area contributed by atoms with Gasteiger partial charge in [-0.2, -0.15) is 0 Å². The van der Waals surface area contributed by atoms with Gasteiger partial charge in [-0.3, -0.25) is 0 Å². The summed E-state index contributed by atoms with van der Waals surface area (Å²) in [5, 5.41) is 0. The smallest absolute Gasteiger partial charge is 0.0499 e. The van der Waals surface area contributed by atoms with E-state index in [2.05, 4.69) is 43.5 Å². The molecule has 66 valence electrons. The van der Waals surface area contributed by atoms with Gasteiger partial charge in [0.15, 0.2) is 0 Å². The Morgan fingerprint density at radius 2 is 1.58 bits per heavy atom.